The van der Waals surface area contributed by atoms with Gasteiger partial charge in [0.2, 0.25) is 5.91 Å². The zero-order valence-electron chi connectivity index (χ0n) is 19.9. The number of amides is 1. The zero-order valence-corrected chi connectivity index (χ0v) is 20.6. The van der Waals surface area contributed by atoms with Crippen LogP contribution in [0.1, 0.15) is 25.0 Å². The Labute approximate surface area is 208 Å². The summed E-state index contributed by atoms with van der Waals surface area (Å²) in [5, 5.41) is 4.02. The van der Waals surface area contributed by atoms with Crippen LogP contribution in [0.25, 0.3) is 10.9 Å². The monoisotopic (exact) mass is 506 g/mol. The molecule has 1 amide bonds. The number of aromatic nitrogens is 1. The summed E-state index contributed by atoms with van der Waals surface area (Å²) in [6.07, 6.45) is -1.51. The minimum Gasteiger partial charge on any atom is -0.369 e. The summed E-state index contributed by atoms with van der Waals surface area (Å²) in [6.45, 7) is 7.40. The van der Waals surface area contributed by atoms with Gasteiger partial charge in [-0.1, -0.05) is 6.07 Å². The first-order valence-electron chi connectivity index (χ1n) is 11.7. The lowest BCUT2D eigenvalue weighted by Gasteiger charge is -2.36. The van der Waals surface area contributed by atoms with E-state index in [2.05, 4.69) is 15.2 Å². The number of carbonyl (C=O) groups is 1. The maximum atomic E-state index is 13.0. The molecule has 4 rings (SSSR count). The molecule has 1 aliphatic heterocycles. The Kier molecular flexibility index (Phi) is 7.33. The lowest BCUT2D eigenvalue weighted by molar-refractivity contribution is -0.137. The SMILES string of the molecule is CC(C)(CCl)C(=O)Nc1ccc2[nH]cc(CCN3CCN(c4cccc(C(F)(F)F)c4)CC3)c2c1. The molecular formula is C26H30ClF3N4O. The normalized spacial score (nSPS) is 15.5. The summed E-state index contributed by atoms with van der Waals surface area (Å²) >= 11 is 5.92. The Hall–Kier alpha value is -2.71. The van der Waals surface area contributed by atoms with Crippen LogP contribution in [0.2, 0.25) is 0 Å². The van der Waals surface area contributed by atoms with Crippen molar-refractivity contribution in [2.75, 3.05) is 48.8 Å². The number of nitrogens with one attached hydrogen (secondary N) is 2. The van der Waals surface area contributed by atoms with E-state index >= 15 is 0 Å². The number of hydrogen-bond acceptors (Lipinski definition) is 3. The fraction of sp³-hybridized carbons (Fsp3) is 0.423. The average molecular weight is 507 g/mol. The third-order valence-electron chi connectivity index (χ3n) is 6.58. The highest BCUT2D eigenvalue weighted by molar-refractivity contribution is 6.20. The Balaban J connectivity index is 1.35. The number of nitrogens with zero attached hydrogens (tertiary/aromatic N) is 2. The number of rotatable bonds is 7. The highest BCUT2D eigenvalue weighted by Crippen LogP contribution is 2.32. The second-order valence-electron chi connectivity index (χ2n) is 9.67. The van der Waals surface area contributed by atoms with Gasteiger partial charge in [0.05, 0.1) is 11.0 Å². The highest BCUT2D eigenvalue weighted by Gasteiger charge is 2.31. The van der Waals surface area contributed by atoms with Crippen molar-refractivity contribution in [1.29, 1.82) is 0 Å². The summed E-state index contributed by atoms with van der Waals surface area (Å²) in [5.74, 6) is 0.111. The second kappa shape index (κ2) is 10.1. The van der Waals surface area contributed by atoms with E-state index in [0.29, 0.717) is 18.8 Å². The molecule has 2 heterocycles. The van der Waals surface area contributed by atoms with Gasteiger partial charge in [-0.2, -0.15) is 13.2 Å². The van der Waals surface area contributed by atoms with Crippen molar-refractivity contribution in [3.05, 3.63) is 59.8 Å². The molecule has 0 atom stereocenters. The van der Waals surface area contributed by atoms with Gasteiger partial charge in [-0.25, -0.2) is 0 Å². The van der Waals surface area contributed by atoms with Crippen LogP contribution in [0.3, 0.4) is 0 Å². The van der Waals surface area contributed by atoms with Gasteiger partial charge in [-0.3, -0.25) is 9.69 Å². The molecule has 5 nitrogen and oxygen atoms in total. The van der Waals surface area contributed by atoms with Crippen molar-refractivity contribution < 1.29 is 18.0 Å². The molecule has 1 saturated heterocycles. The molecular weight excluding hydrogens is 477 g/mol. The fourth-order valence-corrected chi connectivity index (χ4v) is 4.33. The number of piperazine rings is 1. The van der Waals surface area contributed by atoms with Gasteiger partial charge in [-0.05, 0) is 62.2 Å². The quantitative estimate of drug-likeness (QED) is 0.401. The predicted octanol–water partition coefficient (Wildman–Crippen LogP) is 5.75. The van der Waals surface area contributed by atoms with E-state index in [-0.39, 0.29) is 11.8 Å². The Morgan fingerprint density at radius 1 is 1.09 bits per heavy atom. The van der Waals surface area contributed by atoms with Crippen LogP contribution in [0, 0.1) is 5.41 Å². The Morgan fingerprint density at radius 2 is 1.83 bits per heavy atom. The molecule has 1 fully saturated rings. The summed E-state index contributed by atoms with van der Waals surface area (Å²) < 4.78 is 39.1. The molecule has 0 aliphatic carbocycles. The smallest absolute Gasteiger partial charge is 0.369 e. The highest BCUT2D eigenvalue weighted by atomic mass is 35.5. The summed E-state index contributed by atoms with van der Waals surface area (Å²) in [6, 6.07) is 11.3. The van der Waals surface area contributed by atoms with Gasteiger partial charge in [0.1, 0.15) is 0 Å². The predicted molar refractivity (Wildman–Crippen MR) is 135 cm³/mol. The number of benzene rings is 2. The standard InChI is InChI=1S/C26H30ClF3N4O/c1-25(2,17-27)24(35)32-20-6-7-23-22(15-20)18(16-31-23)8-9-33-10-12-34(13-11-33)21-5-3-4-19(14-21)26(28,29)30/h3-7,14-16,31H,8-13,17H2,1-2H3,(H,32,35). The van der Waals surface area contributed by atoms with E-state index in [9.17, 15) is 18.0 Å². The van der Waals surface area contributed by atoms with Crippen LogP contribution in [0.4, 0.5) is 24.5 Å². The van der Waals surface area contributed by atoms with E-state index < -0.39 is 17.2 Å². The van der Waals surface area contributed by atoms with Crippen LogP contribution >= 0.6 is 11.6 Å². The average Bonchev–Trinajstić information content (AvgIpc) is 3.25. The number of alkyl halides is 4. The van der Waals surface area contributed by atoms with Crippen molar-refractivity contribution in [3.8, 4) is 0 Å². The molecule has 35 heavy (non-hydrogen) atoms. The Bertz CT molecular complexity index is 1180. The van der Waals surface area contributed by atoms with Crippen molar-refractivity contribution >= 4 is 39.8 Å². The topological polar surface area (TPSA) is 51.4 Å². The van der Waals surface area contributed by atoms with Gasteiger partial charge in [0, 0.05) is 67.1 Å². The lowest BCUT2D eigenvalue weighted by atomic mass is 9.95. The molecule has 2 N–H and O–H groups in total. The van der Waals surface area contributed by atoms with E-state index in [1.807, 2.05) is 43.1 Å². The van der Waals surface area contributed by atoms with Gasteiger partial charge in [-0.15, -0.1) is 11.6 Å². The van der Waals surface area contributed by atoms with Crippen LogP contribution in [-0.4, -0.2) is 54.4 Å². The minimum atomic E-state index is -4.33. The zero-order chi connectivity index (χ0) is 25.2. The summed E-state index contributed by atoms with van der Waals surface area (Å²) in [7, 11) is 0. The van der Waals surface area contributed by atoms with Crippen LogP contribution in [0.5, 0.6) is 0 Å². The number of aromatic amines is 1. The van der Waals surface area contributed by atoms with E-state index in [1.165, 1.54) is 12.1 Å². The number of carbonyl (C=O) groups excluding carboxylic acids is 1. The first-order valence-corrected chi connectivity index (χ1v) is 12.2. The molecule has 3 aromatic rings. The maximum Gasteiger partial charge on any atom is 0.416 e. The van der Waals surface area contributed by atoms with Crippen molar-refractivity contribution in [3.63, 3.8) is 0 Å². The lowest BCUT2D eigenvalue weighted by Crippen LogP contribution is -2.47. The molecule has 1 aromatic heterocycles. The number of H-pyrrole nitrogens is 1. The summed E-state index contributed by atoms with van der Waals surface area (Å²) in [5.41, 5.74) is 2.24. The molecule has 9 heteroatoms. The van der Waals surface area contributed by atoms with E-state index in [4.69, 9.17) is 11.6 Å². The van der Waals surface area contributed by atoms with Crippen LogP contribution in [-0.2, 0) is 17.4 Å². The van der Waals surface area contributed by atoms with Crippen molar-refractivity contribution in [2.45, 2.75) is 26.4 Å². The maximum absolute atomic E-state index is 13.0. The first-order chi connectivity index (χ1) is 16.6. The molecule has 0 radical (unpaired) electrons. The number of hydrogen-bond donors (Lipinski definition) is 2. The van der Waals surface area contributed by atoms with Gasteiger partial charge < -0.3 is 15.2 Å². The molecule has 0 spiro atoms. The fourth-order valence-electron chi connectivity index (χ4n) is 4.21. The molecule has 2 aromatic carbocycles. The molecule has 0 saturated carbocycles. The Morgan fingerprint density at radius 3 is 2.51 bits per heavy atom. The molecule has 0 bridgehead atoms. The molecule has 0 unspecified atom stereocenters. The van der Waals surface area contributed by atoms with Crippen molar-refractivity contribution in [1.82, 2.24) is 9.88 Å². The molecule has 188 valence electrons. The molecule has 1 aliphatic rings. The second-order valence-corrected chi connectivity index (χ2v) is 9.94. The largest absolute Gasteiger partial charge is 0.416 e. The summed E-state index contributed by atoms with van der Waals surface area (Å²) in [4.78, 5) is 20.1. The van der Waals surface area contributed by atoms with Crippen LogP contribution in [0.15, 0.2) is 48.7 Å². The van der Waals surface area contributed by atoms with Crippen LogP contribution < -0.4 is 10.2 Å². The van der Waals surface area contributed by atoms with Gasteiger partial charge in [0.15, 0.2) is 0 Å². The number of fused-ring (bicyclic) bond motifs is 1. The van der Waals surface area contributed by atoms with Gasteiger partial charge in [0.25, 0.3) is 0 Å². The van der Waals surface area contributed by atoms with E-state index in [0.717, 1.165) is 54.3 Å². The van der Waals surface area contributed by atoms with E-state index in [1.54, 1.807) is 6.07 Å². The third kappa shape index (κ3) is 5.93. The van der Waals surface area contributed by atoms with Gasteiger partial charge >= 0.3 is 6.18 Å². The van der Waals surface area contributed by atoms with Crippen molar-refractivity contribution in [2.24, 2.45) is 5.41 Å². The number of anilines is 2. The third-order valence-corrected chi connectivity index (χ3v) is 7.25. The first kappa shape index (κ1) is 25.4. The number of halogens is 4. The minimum absolute atomic E-state index is 0.123.